The van der Waals surface area contributed by atoms with Gasteiger partial charge in [-0.05, 0) is 44.0 Å². The highest BCUT2D eigenvalue weighted by Crippen LogP contribution is 2.26. The zero-order valence-corrected chi connectivity index (χ0v) is 15.0. The predicted octanol–water partition coefficient (Wildman–Crippen LogP) is -0.104. The first-order chi connectivity index (χ1) is 11.0. The molecule has 0 atom stereocenters. The standard InChI is InChI=1S/C16H26N2O4S/c1-4-22-15-5-6-16(14(3)13(15)2)23(19,20)17-7-8-18-9-11-21-12-10-18/h5-6,17H,4,7-12H2,1-3H3/p+1. The molecule has 0 spiro atoms. The van der Waals surface area contributed by atoms with Gasteiger partial charge in [0.1, 0.15) is 18.8 Å². The van der Waals surface area contributed by atoms with E-state index in [0.717, 1.165) is 49.7 Å². The third-order valence-corrected chi connectivity index (χ3v) is 5.85. The number of quaternary nitrogens is 1. The Morgan fingerprint density at radius 1 is 1.22 bits per heavy atom. The Morgan fingerprint density at radius 3 is 2.57 bits per heavy atom. The predicted molar refractivity (Wildman–Crippen MR) is 88.7 cm³/mol. The summed E-state index contributed by atoms with van der Waals surface area (Å²) in [6, 6.07) is 3.35. The number of nitrogens with one attached hydrogen (secondary N) is 2. The molecule has 1 fully saturated rings. The van der Waals surface area contributed by atoms with Crippen LogP contribution in [-0.4, -0.2) is 54.4 Å². The van der Waals surface area contributed by atoms with Crippen LogP contribution in [0.15, 0.2) is 17.0 Å². The SMILES string of the molecule is CCOc1ccc(S(=O)(=O)NCC[NH+]2CCOCC2)c(C)c1C. The first-order valence-electron chi connectivity index (χ1n) is 8.09. The highest BCUT2D eigenvalue weighted by molar-refractivity contribution is 7.89. The number of hydrogen-bond donors (Lipinski definition) is 2. The van der Waals surface area contributed by atoms with Crippen molar-refractivity contribution in [2.75, 3.05) is 46.0 Å². The maximum atomic E-state index is 12.5. The van der Waals surface area contributed by atoms with Gasteiger partial charge >= 0.3 is 0 Å². The fourth-order valence-corrected chi connectivity index (χ4v) is 4.05. The molecule has 1 saturated heterocycles. The van der Waals surface area contributed by atoms with Crippen molar-refractivity contribution in [3.8, 4) is 5.75 Å². The zero-order valence-electron chi connectivity index (χ0n) is 14.1. The monoisotopic (exact) mass is 343 g/mol. The Balaban J connectivity index is 2.02. The van der Waals surface area contributed by atoms with Gasteiger partial charge in [-0.1, -0.05) is 0 Å². The normalized spacial score (nSPS) is 16.5. The number of benzene rings is 1. The first-order valence-corrected chi connectivity index (χ1v) is 9.58. The molecule has 0 amide bonds. The van der Waals surface area contributed by atoms with Crippen molar-refractivity contribution in [2.45, 2.75) is 25.7 Å². The van der Waals surface area contributed by atoms with E-state index >= 15 is 0 Å². The van der Waals surface area contributed by atoms with Crippen molar-refractivity contribution in [1.29, 1.82) is 0 Å². The lowest BCUT2D eigenvalue weighted by molar-refractivity contribution is -0.906. The maximum Gasteiger partial charge on any atom is 0.241 e. The highest BCUT2D eigenvalue weighted by Gasteiger charge is 2.20. The van der Waals surface area contributed by atoms with Crippen LogP contribution in [-0.2, 0) is 14.8 Å². The average Bonchev–Trinajstić information content (AvgIpc) is 2.53. The summed E-state index contributed by atoms with van der Waals surface area (Å²) in [4.78, 5) is 1.70. The fraction of sp³-hybridized carbons (Fsp3) is 0.625. The molecular weight excluding hydrogens is 316 g/mol. The van der Waals surface area contributed by atoms with Crippen molar-refractivity contribution in [1.82, 2.24) is 4.72 Å². The summed E-state index contributed by atoms with van der Waals surface area (Å²) in [5.41, 5.74) is 1.61. The van der Waals surface area contributed by atoms with Gasteiger partial charge in [0.25, 0.3) is 0 Å². The van der Waals surface area contributed by atoms with Gasteiger partial charge in [-0.2, -0.15) is 0 Å². The molecule has 23 heavy (non-hydrogen) atoms. The molecule has 2 rings (SSSR count). The molecule has 1 aromatic carbocycles. The molecule has 0 aliphatic carbocycles. The lowest BCUT2D eigenvalue weighted by Gasteiger charge is -2.23. The molecule has 0 radical (unpaired) electrons. The lowest BCUT2D eigenvalue weighted by atomic mass is 10.1. The number of rotatable bonds is 7. The van der Waals surface area contributed by atoms with Gasteiger partial charge in [0.15, 0.2) is 0 Å². The minimum atomic E-state index is -3.50. The van der Waals surface area contributed by atoms with Crippen molar-refractivity contribution >= 4 is 10.0 Å². The average molecular weight is 343 g/mol. The molecule has 1 aliphatic heterocycles. The van der Waals surface area contributed by atoms with Crippen molar-refractivity contribution in [3.63, 3.8) is 0 Å². The highest BCUT2D eigenvalue weighted by atomic mass is 32.2. The second-order valence-corrected chi connectivity index (χ2v) is 7.49. The Bertz CT molecular complexity index is 625. The van der Waals surface area contributed by atoms with Crippen LogP contribution >= 0.6 is 0 Å². The van der Waals surface area contributed by atoms with E-state index in [-0.39, 0.29) is 0 Å². The second-order valence-electron chi connectivity index (χ2n) is 5.75. The Kier molecular flexibility index (Phi) is 6.41. The molecule has 0 bridgehead atoms. The van der Waals surface area contributed by atoms with E-state index in [0.29, 0.717) is 18.0 Å². The topological polar surface area (TPSA) is 69.1 Å². The largest absolute Gasteiger partial charge is 0.494 e. The van der Waals surface area contributed by atoms with Crippen LogP contribution in [0.4, 0.5) is 0 Å². The molecule has 130 valence electrons. The summed E-state index contributed by atoms with van der Waals surface area (Å²) < 4.78 is 38.6. The van der Waals surface area contributed by atoms with Gasteiger partial charge in [-0.25, -0.2) is 13.1 Å². The quantitative estimate of drug-likeness (QED) is 0.725. The van der Waals surface area contributed by atoms with Gasteiger partial charge in [0.05, 0.1) is 37.8 Å². The van der Waals surface area contributed by atoms with Gasteiger partial charge in [-0.15, -0.1) is 0 Å². The van der Waals surface area contributed by atoms with E-state index in [9.17, 15) is 8.42 Å². The molecule has 7 heteroatoms. The van der Waals surface area contributed by atoms with Gasteiger partial charge in [0, 0.05) is 0 Å². The molecule has 1 aliphatic rings. The molecule has 0 aromatic heterocycles. The number of morpholine rings is 1. The van der Waals surface area contributed by atoms with E-state index in [2.05, 4.69) is 4.72 Å². The molecule has 1 heterocycles. The Labute approximate surface area is 138 Å². The number of hydrogen-bond acceptors (Lipinski definition) is 4. The van der Waals surface area contributed by atoms with Crippen LogP contribution in [0, 0.1) is 13.8 Å². The number of sulfonamides is 1. The van der Waals surface area contributed by atoms with E-state index in [1.165, 1.54) is 4.90 Å². The van der Waals surface area contributed by atoms with Crippen molar-refractivity contribution < 1.29 is 22.8 Å². The van der Waals surface area contributed by atoms with Gasteiger partial charge in [-0.3, -0.25) is 0 Å². The van der Waals surface area contributed by atoms with E-state index in [4.69, 9.17) is 9.47 Å². The lowest BCUT2D eigenvalue weighted by Crippen LogP contribution is -3.14. The van der Waals surface area contributed by atoms with Gasteiger partial charge < -0.3 is 14.4 Å². The summed E-state index contributed by atoms with van der Waals surface area (Å²) in [7, 11) is -3.50. The minimum absolute atomic E-state index is 0.329. The summed E-state index contributed by atoms with van der Waals surface area (Å²) in [6.45, 7) is 10.8. The number of ether oxygens (including phenoxy) is 2. The Morgan fingerprint density at radius 2 is 1.91 bits per heavy atom. The van der Waals surface area contributed by atoms with Crippen LogP contribution in [0.5, 0.6) is 5.75 Å². The summed E-state index contributed by atoms with van der Waals surface area (Å²) in [6.07, 6.45) is 0. The second kappa shape index (κ2) is 8.10. The van der Waals surface area contributed by atoms with Crippen molar-refractivity contribution in [3.05, 3.63) is 23.3 Å². The maximum absolute atomic E-state index is 12.5. The smallest absolute Gasteiger partial charge is 0.241 e. The third-order valence-electron chi connectivity index (χ3n) is 4.25. The summed E-state index contributed by atoms with van der Waals surface area (Å²) in [5.74, 6) is 0.738. The molecular formula is C16H27N2O4S+. The summed E-state index contributed by atoms with van der Waals surface area (Å²) >= 11 is 0. The molecule has 2 N–H and O–H groups in total. The van der Waals surface area contributed by atoms with Crippen molar-refractivity contribution in [2.24, 2.45) is 0 Å². The van der Waals surface area contributed by atoms with Crippen LogP contribution in [0.2, 0.25) is 0 Å². The van der Waals surface area contributed by atoms with E-state index in [1.54, 1.807) is 12.1 Å². The van der Waals surface area contributed by atoms with E-state index in [1.807, 2.05) is 20.8 Å². The minimum Gasteiger partial charge on any atom is -0.494 e. The zero-order chi connectivity index (χ0) is 16.9. The van der Waals surface area contributed by atoms with Crippen LogP contribution in [0.1, 0.15) is 18.1 Å². The van der Waals surface area contributed by atoms with E-state index < -0.39 is 10.0 Å². The van der Waals surface area contributed by atoms with Crippen LogP contribution in [0.25, 0.3) is 0 Å². The molecule has 0 saturated carbocycles. The third kappa shape index (κ3) is 4.67. The van der Waals surface area contributed by atoms with Crippen LogP contribution < -0.4 is 14.4 Å². The van der Waals surface area contributed by atoms with Gasteiger partial charge in [0.2, 0.25) is 10.0 Å². The van der Waals surface area contributed by atoms with Crippen LogP contribution in [0.3, 0.4) is 0 Å². The fourth-order valence-electron chi connectivity index (χ4n) is 2.72. The summed E-state index contributed by atoms with van der Waals surface area (Å²) in [5, 5.41) is 0. The molecule has 1 aromatic rings. The first kappa shape index (κ1) is 18.2. The molecule has 6 nitrogen and oxygen atoms in total. The Hall–Kier alpha value is -1.15. The molecule has 0 unspecified atom stereocenters.